The van der Waals surface area contributed by atoms with E-state index in [9.17, 15) is 4.79 Å². The van der Waals surface area contributed by atoms with Gasteiger partial charge < -0.3 is 9.13 Å². The SMILES string of the molecule is Br.Cc1ccc(Cn2c(=N)n(CC(=O)c3ccc(Cl)cc3)c3ccccc32)cc1. The summed E-state index contributed by atoms with van der Waals surface area (Å²) in [5.74, 6) is -0.0478. The highest BCUT2D eigenvalue weighted by Gasteiger charge is 2.14. The van der Waals surface area contributed by atoms with Crippen molar-refractivity contribution in [1.82, 2.24) is 9.13 Å². The van der Waals surface area contributed by atoms with Gasteiger partial charge in [-0.1, -0.05) is 53.6 Å². The minimum Gasteiger partial charge on any atom is -0.306 e. The number of carbonyl (C=O) groups is 1. The zero-order valence-corrected chi connectivity index (χ0v) is 18.4. The molecule has 29 heavy (non-hydrogen) atoms. The van der Waals surface area contributed by atoms with Crippen LogP contribution in [-0.2, 0) is 13.1 Å². The maximum Gasteiger partial charge on any atom is 0.203 e. The highest BCUT2D eigenvalue weighted by molar-refractivity contribution is 8.93. The first kappa shape index (κ1) is 21.1. The van der Waals surface area contributed by atoms with Crippen molar-refractivity contribution >= 4 is 45.4 Å². The maximum atomic E-state index is 12.8. The van der Waals surface area contributed by atoms with Gasteiger partial charge in [-0.2, -0.15) is 0 Å². The monoisotopic (exact) mass is 469 g/mol. The molecule has 0 aliphatic rings. The lowest BCUT2D eigenvalue weighted by Gasteiger charge is -2.06. The summed E-state index contributed by atoms with van der Waals surface area (Å²) in [5.41, 5.74) is 5.04. The van der Waals surface area contributed by atoms with Crippen LogP contribution in [0.3, 0.4) is 0 Å². The van der Waals surface area contributed by atoms with Crippen molar-refractivity contribution in [2.45, 2.75) is 20.0 Å². The zero-order chi connectivity index (χ0) is 19.7. The van der Waals surface area contributed by atoms with Crippen LogP contribution in [0.5, 0.6) is 0 Å². The molecular weight excluding hydrogens is 450 g/mol. The minimum absolute atomic E-state index is 0. The predicted molar refractivity (Wildman–Crippen MR) is 122 cm³/mol. The second kappa shape index (κ2) is 8.80. The molecule has 1 heterocycles. The second-order valence-electron chi connectivity index (χ2n) is 6.90. The summed E-state index contributed by atoms with van der Waals surface area (Å²) in [4.78, 5) is 12.8. The van der Waals surface area contributed by atoms with Crippen LogP contribution in [0.25, 0.3) is 11.0 Å². The third-order valence-corrected chi connectivity index (χ3v) is 5.16. The van der Waals surface area contributed by atoms with E-state index in [-0.39, 0.29) is 29.3 Å². The lowest BCUT2D eigenvalue weighted by molar-refractivity contribution is 0.0971. The number of carbonyl (C=O) groups excluding carboxylic acids is 1. The molecule has 0 amide bonds. The molecule has 0 bridgehead atoms. The fourth-order valence-electron chi connectivity index (χ4n) is 3.36. The van der Waals surface area contributed by atoms with Crippen molar-refractivity contribution in [2.75, 3.05) is 0 Å². The van der Waals surface area contributed by atoms with Crippen LogP contribution < -0.4 is 5.62 Å². The first-order valence-electron chi connectivity index (χ1n) is 9.10. The number of ketones is 1. The number of rotatable bonds is 5. The van der Waals surface area contributed by atoms with Gasteiger partial charge in [0.2, 0.25) is 5.62 Å². The van der Waals surface area contributed by atoms with E-state index in [0.29, 0.717) is 22.7 Å². The Morgan fingerprint density at radius 1 is 0.897 bits per heavy atom. The first-order valence-corrected chi connectivity index (χ1v) is 9.48. The second-order valence-corrected chi connectivity index (χ2v) is 7.34. The lowest BCUT2D eigenvalue weighted by atomic mass is 10.1. The Labute approximate surface area is 184 Å². The third kappa shape index (κ3) is 4.36. The maximum absolute atomic E-state index is 12.8. The van der Waals surface area contributed by atoms with Gasteiger partial charge in [0.25, 0.3) is 0 Å². The summed E-state index contributed by atoms with van der Waals surface area (Å²) >= 11 is 5.92. The molecule has 0 unspecified atom stereocenters. The average Bonchev–Trinajstić information content (AvgIpc) is 2.96. The van der Waals surface area contributed by atoms with Gasteiger partial charge in [-0.25, -0.2) is 0 Å². The van der Waals surface area contributed by atoms with E-state index in [1.54, 1.807) is 28.8 Å². The van der Waals surface area contributed by atoms with Crippen LogP contribution in [-0.4, -0.2) is 14.9 Å². The van der Waals surface area contributed by atoms with Crippen molar-refractivity contribution in [3.8, 4) is 0 Å². The van der Waals surface area contributed by atoms with Gasteiger partial charge in [0.1, 0.15) is 0 Å². The van der Waals surface area contributed by atoms with Crippen LogP contribution in [0.1, 0.15) is 21.5 Å². The van der Waals surface area contributed by atoms with E-state index < -0.39 is 0 Å². The van der Waals surface area contributed by atoms with E-state index in [0.717, 1.165) is 16.6 Å². The van der Waals surface area contributed by atoms with Gasteiger partial charge in [0.05, 0.1) is 24.1 Å². The van der Waals surface area contributed by atoms with E-state index in [1.807, 2.05) is 28.8 Å². The molecule has 0 aliphatic carbocycles. The minimum atomic E-state index is -0.0478. The smallest absolute Gasteiger partial charge is 0.203 e. The summed E-state index contributed by atoms with van der Waals surface area (Å²) in [5, 5.41) is 9.31. The quantitative estimate of drug-likeness (QED) is 0.390. The molecule has 0 atom stereocenters. The lowest BCUT2D eigenvalue weighted by Crippen LogP contribution is -2.27. The number of nitrogens with one attached hydrogen (secondary N) is 1. The van der Waals surface area contributed by atoms with Crippen LogP contribution in [0.15, 0.2) is 72.8 Å². The van der Waals surface area contributed by atoms with Crippen LogP contribution in [0.4, 0.5) is 0 Å². The van der Waals surface area contributed by atoms with Crippen LogP contribution >= 0.6 is 28.6 Å². The molecular formula is C23H21BrClN3O. The number of hydrogen-bond acceptors (Lipinski definition) is 2. The normalized spacial score (nSPS) is 10.7. The molecule has 3 aromatic carbocycles. The molecule has 4 rings (SSSR count). The van der Waals surface area contributed by atoms with Crippen molar-refractivity contribution in [1.29, 1.82) is 5.41 Å². The molecule has 0 spiro atoms. The fourth-order valence-corrected chi connectivity index (χ4v) is 3.49. The largest absolute Gasteiger partial charge is 0.306 e. The number of aryl methyl sites for hydroxylation is 1. The topological polar surface area (TPSA) is 50.8 Å². The zero-order valence-electron chi connectivity index (χ0n) is 15.9. The van der Waals surface area contributed by atoms with E-state index in [4.69, 9.17) is 17.0 Å². The summed E-state index contributed by atoms with van der Waals surface area (Å²) in [6.45, 7) is 2.75. The number of benzene rings is 3. The van der Waals surface area contributed by atoms with E-state index in [1.165, 1.54) is 5.56 Å². The highest BCUT2D eigenvalue weighted by atomic mass is 79.9. The molecule has 1 N–H and O–H groups in total. The number of aromatic nitrogens is 2. The van der Waals surface area contributed by atoms with Gasteiger partial charge in [0, 0.05) is 10.6 Å². The van der Waals surface area contributed by atoms with Crippen molar-refractivity contribution in [3.05, 3.63) is 100 Å². The van der Waals surface area contributed by atoms with E-state index >= 15 is 0 Å². The molecule has 4 nitrogen and oxygen atoms in total. The molecule has 0 aliphatic heterocycles. The number of para-hydroxylation sites is 2. The van der Waals surface area contributed by atoms with Crippen LogP contribution in [0.2, 0.25) is 5.02 Å². The number of hydrogen-bond donors (Lipinski definition) is 1. The summed E-state index contributed by atoms with van der Waals surface area (Å²) < 4.78 is 3.70. The molecule has 0 fully saturated rings. The predicted octanol–water partition coefficient (Wildman–Crippen LogP) is 5.39. The first-order chi connectivity index (χ1) is 13.5. The molecule has 0 radical (unpaired) electrons. The summed E-state index contributed by atoms with van der Waals surface area (Å²) in [7, 11) is 0. The summed E-state index contributed by atoms with van der Waals surface area (Å²) in [6, 6.07) is 23.0. The third-order valence-electron chi connectivity index (χ3n) is 4.90. The van der Waals surface area contributed by atoms with Gasteiger partial charge in [-0.15, -0.1) is 17.0 Å². The number of imidazole rings is 1. The Kier molecular flexibility index (Phi) is 6.40. The number of halogens is 2. The molecule has 148 valence electrons. The molecule has 4 aromatic rings. The number of Topliss-reactive ketones (excluding diaryl/α,β-unsaturated/α-hetero) is 1. The Hall–Kier alpha value is -2.63. The standard InChI is InChI=1S/C23H20ClN3O.BrH/c1-16-6-8-17(9-7-16)14-26-20-4-2-3-5-21(20)27(23(26)25)15-22(28)18-10-12-19(24)13-11-18;/h2-13,25H,14-15H2,1H3;1H. The van der Waals surface area contributed by atoms with Gasteiger partial charge >= 0.3 is 0 Å². The van der Waals surface area contributed by atoms with Gasteiger partial charge in [-0.05, 0) is 48.9 Å². The average molecular weight is 471 g/mol. The molecule has 1 aromatic heterocycles. The Morgan fingerprint density at radius 3 is 2.10 bits per heavy atom. The van der Waals surface area contributed by atoms with Gasteiger partial charge in [0.15, 0.2) is 5.78 Å². The van der Waals surface area contributed by atoms with Crippen molar-refractivity contribution < 1.29 is 4.79 Å². The van der Waals surface area contributed by atoms with Crippen molar-refractivity contribution in [2.24, 2.45) is 0 Å². The molecule has 0 saturated heterocycles. The number of nitrogens with zero attached hydrogens (tertiary/aromatic N) is 2. The Morgan fingerprint density at radius 2 is 1.48 bits per heavy atom. The van der Waals surface area contributed by atoms with Crippen LogP contribution in [0, 0.1) is 12.3 Å². The Balaban J connectivity index is 0.00000240. The summed E-state index contributed by atoms with van der Waals surface area (Å²) in [6.07, 6.45) is 0. The van der Waals surface area contributed by atoms with Gasteiger partial charge in [-0.3, -0.25) is 10.2 Å². The molecule has 6 heteroatoms. The highest BCUT2D eigenvalue weighted by Crippen LogP contribution is 2.16. The molecule has 0 saturated carbocycles. The Bertz CT molecular complexity index is 1210. The number of fused-ring (bicyclic) bond motifs is 1. The fraction of sp³-hybridized carbons (Fsp3) is 0.130. The van der Waals surface area contributed by atoms with Crippen molar-refractivity contribution in [3.63, 3.8) is 0 Å². The van der Waals surface area contributed by atoms with E-state index in [2.05, 4.69) is 31.2 Å².